The lowest BCUT2D eigenvalue weighted by Crippen LogP contribution is -2.15. The van der Waals surface area contributed by atoms with Crippen molar-refractivity contribution in [2.24, 2.45) is 5.73 Å². The Bertz CT molecular complexity index is 374. The van der Waals surface area contributed by atoms with Gasteiger partial charge in [0, 0.05) is 5.56 Å². The maximum absolute atomic E-state index is 11.5. The number of hydrogen-bond donors (Lipinski definition) is 1. The third-order valence-electron chi connectivity index (χ3n) is 2.22. The van der Waals surface area contributed by atoms with E-state index in [1.807, 2.05) is 6.92 Å². The summed E-state index contributed by atoms with van der Waals surface area (Å²) in [4.78, 5) is 11.5. The van der Waals surface area contributed by atoms with Crippen molar-refractivity contribution in [2.75, 3.05) is 20.8 Å². The molecule has 4 heteroatoms. The summed E-state index contributed by atoms with van der Waals surface area (Å²) in [5, 5.41) is 0. The van der Waals surface area contributed by atoms with Crippen LogP contribution in [0.5, 0.6) is 11.5 Å². The van der Waals surface area contributed by atoms with Crippen LogP contribution in [-0.4, -0.2) is 26.5 Å². The Morgan fingerprint density at radius 2 is 1.80 bits per heavy atom. The summed E-state index contributed by atoms with van der Waals surface area (Å²) in [5.74, 6) is 1.05. The van der Waals surface area contributed by atoms with E-state index in [9.17, 15) is 4.79 Å². The highest BCUT2D eigenvalue weighted by molar-refractivity contribution is 5.99. The number of carbonyl (C=O) groups excluding carboxylic acids is 1. The molecule has 0 aliphatic heterocycles. The van der Waals surface area contributed by atoms with Crippen molar-refractivity contribution in [3.05, 3.63) is 23.3 Å². The van der Waals surface area contributed by atoms with E-state index in [2.05, 4.69) is 0 Å². The molecule has 0 fully saturated rings. The minimum Gasteiger partial charge on any atom is -0.493 e. The maximum Gasteiger partial charge on any atom is 0.176 e. The third kappa shape index (κ3) is 2.27. The molecule has 1 aromatic carbocycles. The molecule has 0 radical (unpaired) electrons. The van der Waals surface area contributed by atoms with Gasteiger partial charge in [0.1, 0.15) is 0 Å². The Labute approximate surface area is 89.0 Å². The van der Waals surface area contributed by atoms with E-state index in [0.717, 1.165) is 5.56 Å². The van der Waals surface area contributed by atoms with E-state index < -0.39 is 0 Å². The van der Waals surface area contributed by atoms with Crippen LogP contribution in [0.15, 0.2) is 12.1 Å². The van der Waals surface area contributed by atoms with Gasteiger partial charge in [-0.15, -0.1) is 0 Å². The monoisotopic (exact) mass is 209 g/mol. The predicted molar refractivity (Wildman–Crippen MR) is 57.7 cm³/mol. The topological polar surface area (TPSA) is 61.5 Å². The molecule has 0 unspecified atom stereocenters. The number of nitrogens with two attached hydrogens (primary N) is 1. The Morgan fingerprint density at radius 3 is 2.27 bits per heavy atom. The Balaban J connectivity index is 3.25. The van der Waals surface area contributed by atoms with Gasteiger partial charge in [-0.3, -0.25) is 4.79 Å². The van der Waals surface area contributed by atoms with Gasteiger partial charge in [0.15, 0.2) is 17.3 Å². The van der Waals surface area contributed by atoms with Crippen molar-refractivity contribution in [1.82, 2.24) is 0 Å². The van der Waals surface area contributed by atoms with E-state index >= 15 is 0 Å². The van der Waals surface area contributed by atoms with Crippen molar-refractivity contribution < 1.29 is 14.3 Å². The van der Waals surface area contributed by atoms with Gasteiger partial charge in [-0.05, 0) is 24.6 Å². The summed E-state index contributed by atoms with van der Waals surface area (Å²) in [5.41, 5.74) is 6.73. The summed E-state index contributed by atoms with van der Waals surface area (Å²) in [6, 6.07) is 3.42. The van der Waals surface area contributed by atoms with E-state index in [1.165, 1.54) is 7.11 Å². The van der Waals surface area contributed by atoms with Crippen LogP contribution < -0.4 is 15.2 Å². The van der Waals surface area contributed by atoms with Gasteiger partial charge < -0.3 is 15.2 Å². The summed E-state index contributed by atoms with van der Waals surface area (Å²) in [6.45, 7) is 1.83. The molecule has 4 nitrogen and oxygen atoms in total. The lowest BCUT2D eigenvalue weighted by atomic mass is 10.0. The number of ketones is 1. The number of methoxy groups -OCH3 is 2. The maximum atomic E-state index is 11.5. The summed E-state index contributed by atoms with van der Waals surface area (Å²) in [7, 11) is 3.09. The molecule has 0 heterocycles. The standard InChI is InChI=1S/C11H15NO3/c1-7-4-10(14-2)11(15-3)5-8(7)9(13)6-12/h4-5H,6,12H2,1-3H3. The van der Waals surface area contributed by atoms with Crippen molar-refractivity contribution in [3.63, 3.8) is 0 Å². The highest BCUT2D eigenvalue weighted by Gasteiger charge is 2.12. The lowest BCUT2D eigenvalue weighted by molar-refractivity contribution is 0.100. The van der Waals surface area contributed by atoms with Crippen molar-refractivity contribution in [3.8, 4) is 11.5 Å². The fourth-order valence-corrected chi connectivity index (χ4v) is 1.39. The first kappa shape index (κ1) is 11.5. The van der Waals surface area contributed by atoms with Crippen LogP contribution in [0.2, 0.25) is 0 Å². The van der Waals surface area contributed by atoms with Crippen LogP contribution >= 0.6 is 0 Å². The van der Waals surface area contributed by atoms with Crippen LogP contribution in [-0.2, 0) is 0 Å². The van der Waals surface area contributed by atoms with Crippen LogP contribution in [0, 0.1) is 6.92 Å². The first-order valence-electron chi connectivity index (χ1n) is 4.60. The molecule has 1 aromatic rings. The van der Waals surface area contributed by atoms with Crippen LogP contribution in [0.25, 0.3) is 0 Å². The van der Waals surface area contributed by atoms with Gasteiger partial charge in [0.2, 0.25) is 0 Å². The minimum atomic E-state index is -0.103. The van der Waals surface area contributed by atoms with E-state index in [0.29, 0.717) is 17.1 Å². The smallest absolute Gasteiger partial charge is 0.176 e. The number of benzene rings is 1. The van der Waals surface area contributed by atoms with E-state index in [-0.39, 0.29) is 12.3 Å². The summed E-state index contributed by atoms with van der Waals surface area (Å²) >= 11 is 0. The second-order valence-corrected chi connectivity index (χ2v) is 3.15. The van der Waals surface area contributed by atoms with Crippen LogP contribution in [0.1, 0.15) is 15.9 Å². The normalized spacial score (nSPS) is 9.87. The molecule has 0 aliphatic carbocycles. The average molecular weight is 209 g/mol. The highest BCUT2D eigenvalue weighted by Crippen LogP contribution is 2.30. The van der Waals surface area contributed by atoms with E-state index in [1.54, 1.807) is 19.2 Å². The Hall–Kier alpha value is -1.55. The highest BCUT2D eigenvalue weighted by atomic mass is 16.5. The molecule has 0 aliphatic rings. The lowest BCUT2D eigenvalue weighted by Gasteiger charge is -2.11. The number of rotatable bonds is 4. The fraction of sp³-hybridized carbons (Fsp3) is 0.364. The molecule has 82 valence electrons. The van der Waals surface area contributed by atoms with Crippen LogP contribution in [0.3, 0.4) is 0 Å². The first-order valence-corrected chi connectivity index (χ1v) is 4.60. The molecule has 0 spiro atoms. The zero-order valence-electron chi connectivity index (χ0n) is 9.16. The Kier molecular flexibility index (Phi) is 3.68. The number of ether oxygens (including phenoxy) is 2. The van der Waals surface area contributed by atoms with Gasteiger partial charge in [-0.1, -0.05) is 0 Å². The SMILES string of the molecule is COc1cc(C)c(C(=O)CN)cc1OC. The largest absolute Gasteiger partial charge is 0.493 e. The van der Waals surface area contributed by atoms with Gasteiger partial charge in [-0.2, -0.15) is 0 Å². The zero-order chi connectivity index (χ0) is 11.4. The van der Waals surface area contributed by atoms with E-state index in [4.69, 9.17) is 15.2 Å². The molecule has 1 rings (SSSR count). The van der Waals surface area contributed by atoms with Gasteiger partial charge in [0.05, 0.1) is 20.8 Å². The first-order chi connectivity index (χ1) is 7.13. The second kappa shape index (κ2) is 4.79. The molecule has 0 aromatic heterocycles. The molecule has 0 saturated heterocycles. The van der Waals surface area contributed by atoms with Crippen molar-refractivity contribution >= 4 is 5.78 Å². The minimum absolute atomic E-state index is 0.00365. The third-order valence-corrected chi connectivity index (χ3v) is 2.22. The number of carbonyl (C=O) groups is 1. The predicted octanol–water partition coefficient (Wildman–Crippen LogP) is 1.15. The fourth-order valence-electron chi connectivity index (χ4n) is 1.39. The molecular formula is C11H15NO3. The molecule has 0 amide bonds. The molecule has 0 bridgehead atoms. The number of Topliss-reactive ketones (excluding diaryl/α,β-unsaturated/α-hetero) is 1. The van der Waals surface area contributed by atoms with Gasteiger partial charge in [0.25, 0.3) is 0 Å². The van der Waals surface area contributed by atoms with Crippen LogP contribution in [0.4, 0.5) is 0 Å². The number of hydrogen-bond acceptors (Lipinski definition) is 4. The zero-order valence-corrected chi connectivity index (χ0v) is 9.16. The molecule has 15 heavy (non-hydrogen) atoms. The quantitative estimate of drug-likeness (QED) is 0.756. The average Bonchev–Trinajstić information content (AvgIpc) is 2.27. The summed E-state index contributed by atoms with van der Waals surface area (Å²) < 4.78 is 10.2. The van der Waals surface area contributed by atoms with Crippen molar-refractivity contribution in [2.45, 2.75) is 6.92 Å². The van der Waals surface area contributed by atoms with Gasteiger partial charge in [-0.25, -0.2) is 0 Å². The molecule has 2 N–H and O–H groups in total. The van der Waals surface area contributed by atoms with Crippen molar-refractivity contribution in [1.29, 1.82) is 0 Å². The Morgan fingerprint density at radius 1 is 1.27 bits per heavy atom. The molecule has 0 atom stereocenters. The second-order valence-electron chi connectivity index (χ2n) is 3.15. The summed E-state index contributed by atoms with van der Waals surface area (Å²) in [6.07, 6.45) is 0. The van der Waals surface area contributed by atoms with Gasteiger partial charge >= 0.3 is 0 Å². The molecule has 0 saturated carbocycles. The number of aryl methyl sites for hydroxylation is 1. The molecular weight excluding hydrogens is 194 g/mol.